The normalized spacial score (nSPS) is 21.8. The van der Waals surface area contributed by atoms with Crippen molar-refractivity contribution >= 4 is 15.9 Å². The number of amides is 1. The molecule has 0 aliphatic carbocycles. The first kappa shape index (κ1) is 24.2. The van der Waals surface area contributed by atoms with Crippen LogP contribution in [0.15, 0.2) is 11.0 Å². The summed E-state index contributed by atoms with van der Waals surface area (Å²) in [6.07, 6.45) is 2.69. The lowest BCUT2D eigenvalue weighted by molar-refractivity contribution is -0.147. The van der Waals surface area contributed by atoms with E-state index in [1.165, 1.54) is 4.31 Å². The number of carbonyl (C=O) groups is 1. The maximum Gasteiger partial charge on any atom is 0.251 e. The second kappa shape index (κ2) is 9.98. The number of ether oxygens (including phenoxy) is 2. The van der Waals surface area contributed by atoms with Gasteiger partial charge in [0, 0.05) is 32.8 Å². The summed E-state index contributed by atoms with van der Waals surface area (Å²) in [5.74, 6) is -0.0911. The number of benzene rings is 1. The van der Waals surface area contributed by atoms with E-state index in [1.807, 2.05) is 33.8 Å². The molecule has 0 unspecified atom stereocenters. The number of piperazine rings is 1. The Morgan fingerprint density at radius 1 is 1.10 bits per heavy atom. The molecule has 2 heterocycles. The van der Waals surface area contributed by atoms with E-state index in [1.54, 1.807) is 11.8 Å². The number of nitrogens with zero attached hydrogens (tertiary/aromatic N) is 2. The molecule has 1 aromatic carbocycles. The van der Waals surface area contributed by atoms with Crippen LogP contribution in [0, 0.1) is 27.7 Å². The van der Waals surface area contributed by atoms with Gasteiger partial charge in [0.05, 0.1) is 17.6 Å². The minimum atomic E-state index is -3.61. The van der Waals surface area contributed by atoms with Crippen molar-refractivity contribution in [1.29, 1.82) is 0 Å². The number of rotatable bonds is 6. The molecule has 2 saturated heterocycles. The molecule has 7 nitrogen and oxygen atoms in total. The highest BCUT2D eigenvalue weighted by Gasteiger charge is 2.34. The van der Waals surface area contributed by atoms with Gasteiger partial charge in [0.1, 0.15) is 6.10 Å². The van der Waals surface area contributed by atoms with E-state index in [0.717, 1.165) is 48.1 Å². The molecule has 1 aromatic rings. The summed E-state index contributed by atoms with van der Waals surface area (Å²) >= 11 is 0. The molecule has 0 aromatic heterocycles. The Balaban J connectivity index is 1.60. The molecule has 174 valence electrons. The van der Waals surface area contributed by atoms with E-state index in [4.69, 9.17) is 9.47 Å². The van der Waals surface area contributed by atoms with Crippen LogP contribution >= 0.6 is 0 Å². The van der Waals surface area contributed by atoms with Crippen molar-refractivity contribution in [2.24, 2.45) is 0 Å². The number of sulfonamides is 1. The van der Waals surface area contributed by atoms with Crippen LogP contribution in [0.25, 0.3) is 0 Å². The van der Waals surface area contributed by atoms with Crippen molar-refractivity contribution in [2.45, 2.75) is 71.0 Å². The first-order valence-corrected chi connectivity index (χ1v) is 12.7. The van der Waals surface area contributed by atoms with Crippen LogP contribution in [0.3, 0.4) is 0 Å². The van der Waals surface area contributed by atoms with Gasteiger partial charge in [0.2, 0.25) is 10.0 Å². The zero-order chi connectivity index (χ0) is 22.8. The van der Waals surface area contributed by atoms with E-state index in [0.29, 0.717) is 37.7 Å². The van der Waals surface area contributed by atoms with Crippen molar-refractivity contribution in [2.75, 3.05) is 39.4 Å². The molecule has 2 aliphatic heterocycles. The average molecular weight is 453 g/mol. The Morgan fingerprint density at radius 3 is 2.26 bits per heavy atom. The molecule has 31 heavy (non-hydrogen) atoms. The van der Waals surface area contributed by atoms with Crippen LogP contribution < -0.4 is 0 Å². The second-order valence-electron chi connectivity index (χ2n) is 8.78. The SMILES string of the molecule is Cc1cc(C)c(C)c(S(=O)(=O)N2CCN(C(=O)[C@H](C)OC[C@H]3CCCCO3)CC2)c1C. The van der Waals surface area contributed by atoms with Gasteiger partial charge >= 0.3 is 0 Å². The predicted molar refractivity (Wildman–Crippen MR) is 120 cm³/mol. The van der Waals surface area contributed by atoms with Crippen LogP contribution in [0.5, 0.6) is 0 Å². The van der Waals surface area contributed by atoms with Crippen LogP contribution in [-0.4, -0.2) is 75.1 Å². The summed E-state index contributed by atoms with van der Waals surface area (Å²) in [6.45, 7) is 11.9. The molecule has 0 saturated carbocycles. The molecule has 0 bridgehead atoms. The molecule has 2 aliphatic rings. The minimum absolute atomic E-state index is 0.0651. The Labute approximate surface area is 186 Å². The van der Waals surface area contributed by atoms with Crippen LogP contribution in [0.4, 0.5) is 0 Å². The second-order valence-corrected chi connectivity index (χ2v) is 10.7. The fourth-order valence-corrected chi connectivity index (χ4v) is 6.36. The molecular formula is C23H36N2O5S. The highest BCUT2D eigenvalue weighted by atomic mass is 32.2. The van der Waals surface area contributed by atoms with Gasteiger partial charge in [-0.3, -0.25) is 4.79 Å². The first-order chi connectivity index (χ1) is 14.6. The van der Waals surface area contributed by atoms with Crippen molar-refractivity contribution in [3.8, 4) is 0 Å². The van der Waals surface area contributed by atoms with E-state index >= 15 is 0 Å². The zero-order valence-electron chi connectivity index (χ0n) is 19.4. The molecule has 1 amide bonds. The van der Waals surface area contributed by atoms with Gasteiger partial charge in [-0.1, -0.05) is 6.07 Å². The largest absolute Gasteiger partial charge is 0.376 e. The highest BCUT2D eigenvalue weighted by molar-refractivity contribution is 7.89. The van der Waals surface area contributed by atoms with Gasteiger partial charge < -0.3 is 14.4 Å². The summed E-state index contributed by atoms with van der Waals surface area (Å²) in [6, 6.07) is 2.03. The van der Waals surface area contributed by atoms with E-state index in [-0.39, 0.29) is 12.0 Å². The molecule has 2 atom stereocenters. The first-order valence-electron chi connectivity index (χ1n) is 11.2. The van der Waals surface area contributed by atoms with Crippen LogP contribution in [0.1, 0.15) is 48.4 Å². The Bertz CT molecular complexity index is 875. The minimum Gasteiger partial charge on any atom is -0.376 e. The zero-order valence-corrected chi connectivity index (χ0v) is 20.3. The monoisotopic (exact) mass is 452 g/mol. The van der Waals surface area contributed by atoms with E-state index < -0.39 is 16.1 Å². The maximum absolute atomic E-state index is 13.4. The Morgan fingerprint density at radius 2 is 1.71 bits per heavy atom. The molecule has 0 spiro atoms. The quantitative estimate of drug-likeness (QED) is 0.663. The Kier molecular flexibility index (Phi) is 7.78. The molecule has 2 fully saturated rings. The lowest BCUT2D eigenvalue weighted by atomic mass is 10.0. The van der Waals surface area contributed by atoms with Gasteiger partial charge in [0.25, 0.3) is 5.91 Å². The number of hydrogen-bond donors (Lipinski definition) is 0. The summed E-state index contributed by atoms with van der Waals surface area (Å²) in [7, 11) is -3.61. The molecule has 8 heteroatoms. The van der Waals surface area contributed by atoms with Gasteiger partial charge in [-0.05, 0) is 76.1 Å². The molecule has 0 N–H and O–H groups in total. The number of aryl methyl sites for hydroxylation is 2. The molecule has 3 rings (SSSR count). The van der Waals surface area contributed by atoms with Crippen molar-refractivity contribution in [1.82, 2.24) is 9.21 Å². The third-order valence-electron chi connectivity index (χ3n) is 6.60. The van der Waals surface area contributed by atoms with Crippen molar-refractivity contribution in [3.05, 3.63) is 28.3 Å². The fraction of sp³-hybridized carbons (Fsp3) is 0.696. The third kappa shape index (κ3) is 5.30. The van der Waals surface area contributed by atoms with Gasteiger partial charge in [-0.15, -0.1) is 0 Å². The van der Waals surface area contributed by atoms with Gasteiger partial charge in [-0.25, -0.2) is 8.42 Å². The molecule has 0 radical (unpaired) electrons. The van der Waals surface area contributed by atoms with Crippen molar-refractivity contribution < 1.29 is 22.7 Å². The lowest BCUT2D eigenvalue weighted by Crippen LogP contribution is -2.53. The third-order valence-corrected chi connectivity index (χ3v) is 8.77. The maximum atomic E-state index is 13.4. The average Bonchev–Trinajstić information content (AvgIpc) is 2.76. The summed E-state index contributed by atoms with van der Waals surface area (Å²) < 4.78 is 39.7. The lowest BCUT2D eigenvalue weighted by Gasteiger charge is -2.36. The van der Waals surface area contributed by atoms with Gasteiger partial charge in [0.15, 0.2) is 0 Å². The number of hydrogen-bond acceptors (Lipinski definition) is 5. The van der Waals surface area contributed by atoms with Crippen LogP contribution in [-0.2, 0) is 24.3 Å². The fourth-order valence-electron chi connectivity index (χ4n) is 4.36. The molecular weight excluding hydrogens is 416 g/mol. The van der Waals surface area contributed by atoms with Crippen LogP contribution in [0.2, 0.25) is 0 Å². The topological polar surface area (TPSA) is 76.2 Å². The summed E-state index contributed by atoms with van der Waals surface area (Å²) in [4.78, 5) is 14.9. The van der Waals surface area contributed by atoms with E-state index in [2.05, 4.69) is 0 Å². The predicted octanol–water partition coefficient (Wildman–Crippen LogP) is 2.73. The van der Waals surface area contributed by atoms with E-state index in [9.17, 15) is 13.2 Å². The van der Waals surface area contributed by atoms with Gasteiger partial charge in [-0.2, -0.15) is 4.31 Å². The Hall–Kier alpha value is -1.48. The smallest absolute Gasteiger partial charge is 0.251 e. The number of carbonyl (C=O) groups excluding carboxylic acids is 1. The summed E-state index contributed by atoms with van der Waals surface area (Å²) in [5, 5.41) is 0. The highest BCUT2D eigenvalue weighted by Crippen LogP contribution is 2.29. The summed E-state index contributed by atoms with van der Waals surface area (Å²) in [5.41, 5.74) is 3.55. The standard InChI is InChI=1S/C23H36N2O5S/c1-16-14-17(2)19(4)22(18(16)3)31(27,28)25-11-9-24(10-12-25)23(26)20(5)30-15-21-8-6-7-13-29-21/h14,20-21H,6-13,15H2,1-5H3/t20-,21+/m0/s1. The van der Waals surface area contributed by atoms with Crippen molar-refractivity contribution in [3.63, 3.8) is 0 Å².